The van der Waals surface area contributed by atoms with Gasteiger partial charge in [-0.2, -0.15) is 10.4 Å². The number of carbonyl (C=O) groups is 1. The standard InChI is InChI=1S/C21H25N5O2/c22-12-16-1-3-17(4-2-16)13-23-14-18-5-6-26-20(11-18)19(15-24-26)21(27)25-7-9-28-10-8-25/h1-4,15,18,23H,5-11,13-14H2/t18-/m0/s1. The minimum absolute atomic E-state index is 0.0794. The summed E-state index contributed by atoms with van der Waals surface area (Å²) >= 11 is 0. The van der Waals surface area contributed by atoms with Crippen LogP contribution < -0.4 is 5.32 Å². The highest BCUT2D eigenvalue weighted by atomic mass is 16.5. The highest BCUT2D eigenvalue weighted by Crippen LogP contribution is 2.24. The van der Waals surface area contributed by atoms with E-state index in [1.54, 1.807) is 6.20 Å². The summed E-state index contributed by atoms with van der Waals surface area (Å²) in [5, 5.41) is 16.8. The molecule has 1 N–H and O–H groups in total. The number of fused-ring (bicyclic) bond motifs is 1. The van der Waals surface area contributed by atoms with Gasteiger partial charge in [0.2, 0.25) is 0 Å². The zero-order chi connectivity index (χ0) is 19.3. The van der Waals surface area contributed by atoms with Crippen LogP contribution >= 0.6 is 0 Å². The number of nitrogens with one attached hydrogen (secondary N) is 1. The summed E-state index contributed by atoms with van der Waals surface area (Å²) in [5.74, 6) is 0.564. The van der Waals surface area contributed by atoms with Crippen LogP contribution in [0.1, 0.15) is 33.6 Å². The molecule has 28 heavy (non-hydrogen) atoms. The summed E-state index contributed by atoms with van der Waals surface area (Å²) in [6.45, 7) is 5.05. The third kappa shape index (κ3) is 4.08. The second-order valence-corrected chi connectivity index (χ2v) is 7.43. The zero-order valence-corrected chi connectivity index (χ0v) is 15.9. The van der Waals surface area contributed by atoms with Gasteiger partial charge in [-0.25, -0.2) is 0 Å². The minimum atomic E-state index is 0.0794. The molecular formula is C21H25N5O2. The van der Waals surface area contributed by atoms with Crippen molar-refractivity contribution in [1.29, 1.82) is 5.26 Å². The lowest BCUT2D eigenvalue weighted by molar-refractivity contribution is 0.0301. The fourth-order valence-electron chi connectivity index (χ4n) is 3.91. The fourth-order valence-corrected chi connectivity index (χ4v) is 3.91. The maximum atomic E-state index is 12.9. The number of nitriles is 1. The van der Waals surface area contributed by atoms with Gasteiger partial charge < -0.3 is 15.0 Å². The summed E-state index contributed by atoms with van der Waals surface area (Å²) in [4.78, 5) is 14.7. The number of hydrogen-bond donors (Lipinski definition) is 1. The van der Waals surface area contributed by atoms with Gasteiger partial charge in [0.05, 0.1) is 42.3 Å². The molecule has 0 radical (unpaired) electrons. The van der Waals surface area contributed by atoms with E-state index >= 15 is 0 Å². The maximum Gasteiger partial charge on any atom is 0.257 e. The first-order valence-corrected chi connectivity index (χ1v) is 9.86. The molecule has 2 aromatic rings. The molecule has 0 spiro atoms. The van der Waals surface area contributed by atoms with E-state index in [4.69, 9.17) is 10.00 Å². The Balaban J connectivity index is 1.34. The molecule has 1 fully saturated rings. The number of ether oxygens (including phenoxy) is 1. The number of amides is 1. The van der Waals surface area contributed by atoms with Crippen molar-refractivity contribution >= 4 is 5.91 Å². The van der Waals surface area contributed by atoms with Gasteiger partial charge in [0, 0.05) is 26.2 Å². The molecule has 1 saturated heterocycles. The van der Waals surface area contributed by atoms with Crippen LogP contribution in [0.15, 0.2) is 30.5 Å². The normalized spacial score (nSPS) is 19.1. The molecule has 0 unspecified atom stereocenters. The molecule has 2 aliphatic heterocycles. The second-order valence-electron chi connectivity index (χ2n) is 7.43. The molecule has 1 atom stereocenters. The molecular weight excluding hydrogens is 354 g/mol. The molecule has 146 valence electrons. The Hall–Kier alpha value is -2.69. The Bertz CT molecular complexity index is 862. The summed E-state index contributed by atoms with van der Waals surface area (Å²) in [5.41, 5.74) is 3.66. The molecule has 7 nitrogen and oxygen atoms in total. The van der Waals surface area contributed by atoms with Crippen LogP contribution in [0.2, 0.25) is 0 Å². The summed E-state index contributed by atoms with van der Waals surface area (Å²) < 4.78 is 7.34. The molecule has 4 rings (SSSR count). The van der Waals surface area contributed by atoms with Gasteiger partial charge in [-0.3, -0.25) is 9.48 Å². The third-order valence-electron chi connectivity index (χ3n) is 5.55. The van der Waals surface area contributed by atoms with Crippen LogP contribution in [0.3, 0.4) is 0 Å². The first-order valence-electron chi connectivity index (χ1n) is 9.86. The van der Waals surface area contributed by atoms with Crippen LogP contribution in [0.5, 0.6) is 0 Å². The van der Waals surface area contributed by atoms with Crippen molar-refractivity contribution in [1.82, 2.24) is 20.0 Å². The first-order chi connectivity index (χ1) is 13.7. The number of carbonyl (C=O) groups excluding carboxylic acids is 1. The van der Waals surface area contributed by atoms with Crippen molar-refractivity contribution in [2.45, 2.75) is 25.9 Å². The van der Waals surface area contributed by atoms with Crippen molar-refractivity contribution in [3.8, 4) is 6.07 Å². The van der Waals surface area contributed by atoms with E-state index in [9.17, 15) is 4.79 Å². The Morgan fingerprint density at radius 2 is 2.04 bits per heavy atom. The van der Waals surface area contributed by atoms with E-state index in [-0.39, 0.29) is 5.91 Å². The highest BCUT2D eigenvalue weighted by Gasteiger charge is 2.28. The van der Waals surface area contributed by atoms with Gasteiger partial charge in [-0.05, 0) is 43.0 Å². The van der Waals surface area contributed by atoms with Gasteiger partial charge >= 0.3 is 0 Å². The number of hydrogen-bond acceptors (Lipinski definition) is 5. The zero-order valence-electron chi connectivity index (χ0n) is 15.9. The van der Waals surface area contributed by atoms with E-state index in [2.05, 4.69) is 16.5 Å². The van der Waals surface area contributed by atoms with Crippen LogP contribution in [-0.2, 0) is 24.2 Å². The Morgan fingerprint density at radius 3 is 2.79 bits per heavy atom. The quantitative estimate of drug-likeness (QED) is 0.853. The molecule has 7 heteroatoms. The average Bonchev–Trinajstić information content (AvgIpc) is 3.17. The second kappa shape index (κ2) is 8.55. The van der Waals surface area contributed by atoms with E-state index in [1.165, 1.54) is 5.56 Å². The fraction of sp³-hybridized carbons (Fsp3) is 0.476. The van der Waals surface area contributed by atoms with Gasteiger partial charge in [0.25, 0.3) is 5.91 Å². The van der Waals surface area contributed by atoms with E-state index < -0.39 is 0 Å². The minimum Gasteiger partial charge on any atom is -0.378 e. The maximum absolute atomic E-state index is 12.9. The summed E-state index contributed by atoms with van der Waals surface area (Å²) in [7, 11) is 0. The van der Waals surface area contributed by atoms with E-state index in [0.717, 1.165) is 43.7 Å². The van der Waals surface area contributed by atoms with Gasteiger partial charge in [-0.15, -0.1) is 0 Å². The van der Waals surface area contributed by atoms with Crippen molar-refractivity contribution in [2.24, 2.45) is 5.92 Å². The highest BCUT2D eigenvalue weighted by molar-refractivity contribution is 5.95. The lowest BCUT2D eigenvalue weighted by atomic mass is 9.94. The summed E-state index contributed by atoms with van der Waals surface area (Å²) in [6, 6.07) is 9.81. The Labute approximate surface area is 164 Å². The van der Waals surface area contributed by atoms with E-state index in [0.29, 0.717) is 37.8 Å². The molecule has 0 saturated carbocycles. The number of nitrogens with zero attached hydrogens (tertiary/aromatic N) is 4. The smallest absolute Gasteiger partial charge is 0.257 e. The lowest BCUT2D eigenvalue weighted by Gasteiger charge is -2.28. The molecule has 1 aromatic heterocycles. The predicted octanol–water partition coefficient (Wildman–Crippen LogP) is 1.58. The molecule has 1 amide bonds. The Kier molecular flexibility index (Phi) is 5.70. The SMILES string of the molecule is N#Cc1ccc(CNC[C@H]2CCn3ncc(C(=O)N4CCOCC4)c3C2)cc1. The number of aromatic nitrogens is 2. The number of aryl methyl sites for hydroxylation is 1. The monoisotopic (exact) mass is 379 g/mol. The molecule has 2 aliphatic rings. The lowest BCUT2D eigenvalue weighted by Crippen LogP contribution is -2.41. The first kappa shape index (κ1) is 18.7. The third-order valence-corrected chi connectivity index (χ3v) is 5.55. The summed E-state index contributed by atoms with van der Waals surface area (Å²) in [6.07, 6.45) is 3.66. The van der Waals surface area contributed by atoms with Crippen molar-refractivity contribution in [3.05, 3.63) is 52.8 Å². The number of rotatable bonds is 5. The van der Waals surface area contributed by atoms with Crippen LogP contribution in [0, 0.1) is 17.2 Å². The van der Waals surface area contributed by atoms with Crippen molar-refractivity contribution < 1.29 is 9.53 Å². The average molecular weight is 379 g/mol. The van der Waals surface area contributed by atoms with Gasteiger partial charge in [-0.1, -0.05) is 12.1 Å². The van der Waals surface area contributed by atoms with Crippen LogP contribution in [0.4, 0.5) is 0 Å². The number of morpholine rings is 1. The van der Waals surface area contributed by atoms with Crippen molar-refractivity contribution in [3.63, 3.8) is 0 Å². The molecule has 0 aliphatic carbocycles. The molecule has 3 heterocycles. The Morgan fingerprint density at radius 1 is 1.25 bits per heavy atom. The van der Waals surface area contributed by atoms with Gasteiger partial charge in [0.15, 0.2) is 0 Å². The van der Waals surface area contributed by atoms with Crippen LogP contribution in [0.25, 0.3) is 0 Å². The molecule has 1 aromatic carbocycles. The van der Waals surface area contributed by atoms with Crippen LogP contribution in [-0.4, -0.2) is 53.4 Å². The van der Waals surface area contributed by atoms with Crippen molar-refractivity contribution in [2.75, 3.05) is 32.8 Å². The topological polar surface area (TPSA) is 83.2 Å². The largest absolute Gasteiger partial charge is 0.378 e. The molecule has 0 bridgehead atoms. The van der Waals surface area contributed by atoms with E-state index in [1.807, 2.05) is 33.8 Å². The predicted molar refractivity (Wildman–Crippen MR) is 104 cm³/mol. The number of benzene rings is 1. The van der Waals surface area contributed by atoms with Gasteiger partial charge in [0.1, 0.15) is 0 Å².